The highest BCUT2D eigenvalue weighted by atomic mass is 35.5. The summed E-state index contributed by atoms with van der Waals surface area (Å²) in [5, 5.41) is 11.0. The largest absolute Gasteiger partial charge is 0.264 e. The van der Waals surface area contributed by atoms with Crippen LogP contribution < -0.4 is 0 Å². The molecule has 1 unspecified atom stereocenters. The van der Waals surface area contributed by atoms with Gasteiger partial charge in [0.2, 0.25) is 6.04 Å². The maximum Gasteiger partial charge on any atom is 0.214 e. The number of rotatable bonds is 3. The Bertz CT molecular complexity index is 297. The summed E-state index contributed by atoms with van der Waals surface area (Å²) in [7, 11) is 0. The lowest BCUT2D eigenvalue weighted by molar-refractivity contribution is -0.517. The van der Waals surface area contributed by atoms with Crippen molar-refractivity contribution >= 4 is 11.6 Å². The smallest absolute Gasteiger partial charge is 0.214 e. The Labute approximate surface area is 81.5 Å². The van der Waals surface area contributed by atoms with Crippen molar-refractivity contribution in [2.45, 2.75) is 19.4 Å². The van der Waals surface area contributed by atoms with Crippen molar-refractivity contribution in [2.75, 3.05) is 0 Å². The molecule has 0 aliphatic rings. The van der Waals surface area contributed by atoms with Crippen LogP contribution in [0.1, 0.15) is 12.5 Å². The number of hydrogen-bond donors (Lipinski definition) is 0. The van der Waals surface area contributed by atoms with E-state index in [9.17, 15) is 10.1 Å². The van der Waals surface area contributed by atoms with Crippen LogP contribution in [0.2, 0.25) is 5.02 Å². The molecule has 1 rings (SSSR count). The van der Waals surface area contributed by atoms with E-state index in [1.54, 1.807) is 19.1 Å². The lowest BCUT2D eigenvalue weighted by atomic mass is 10.1. The second kappa shape index (κ2) is 4.23. The van der Waals surface area contributed by atoms with Crippen LogP contribution in [0, 0.1) is 10.1 Å². The van der Waals surface area contributed by atoms with Gasteiger partial charge in [0.15, 0.2) is 0 Å². The van der Waals surface area contributed by atoms with E-state index in [2.05, 4.69) is 0 Å². The third-order valence-corrected chi connectivity index (χ3v) is 2.06. The number of nitro groups is 1. The van der Waals surface area contributed by atoms with E-state index in [0.29, 0.717) is 11.4 Å². The van der Waals surface area contributed by atoms with E-state index in [1.165, 1.54) is 0 Å². The molecule has 0 aromatic heterocycles. The minimum Gasteiger partial charge on any atom is -0.264 e. The molecule has 0 amide bonds. The molecule has 0 bridgehead atoms. The Morgan fingerprint density at radius 1 is 1.46 bits per heavy atom. The van der Waals surface area contributed by atoms with Gasteiger partial charge in [0.1, 0.15) is 0 Å². The zero-order chi connectivity index (χ0) is 9.84. The molecule has 0 spiro atoms. The standard InChI is InChI=1S/C9H10ClNO2/c1-7(11(12)13)6-8-2-4-9(10)5-3-8/h2-5,7H,6H2,1H3. The van der Waals surface area contributed by atoms with E-state index in [-0.39, 0.29) is 4.92 Å². The second-order valence-corrected chi connectivity index (χ2v) is 3.40. The SMILES string of the molecule is CC(Cc1ccc(Cl)cc1)[N+](=O)[O-]. The minimum absolute atomic E-state index is 0.283. The van der Waals surface area contributed by atoms with Crippen molar-refractivity contribution in [3.8, 4) is 0 Å². The predicted octanol–water partition coefficient (Wildman–Crippen LogP) is 2.55. The van der Waals surface area contributed by atoms with Crippen molar-refractivity contribution in [3.63, 3.8) is 0 Å². The normalized spacial score (nSPS) is 12.5. The van der Waals surface area contributed by atoms with Gasteiger partial charge in [-0.05, 0) is 17.7 Å². The first-order chi connectivity index (χ1) is 6.09. The zero-order valence-corrected chi connectivity index (χ0v) is 7.99. The fourth-order valence-corrected chi connectivity index (χ4v) is 1.16. The average Bonchev–Trinajstić information content (AvgIpc) is 2.08. The minimum atomic E-state index is -0.541. The second-order valence-electron chi connectivity index (χ2n) is 2.96. The maximum atomic E-state index is 10.4. The molecule has 0 saturated carbocycles. The Morgan fingerprint density at radius 3 is 2.46 bits per heavy atom. The van der Waals surface area contributed by atoms with Crippen molar-refractivity contribution in [3.05, 3.63) is 45.0 Å². The van der Waals surface area contributed by atoms with Crippen molar-refractivity contribution in [1.82, 2.24) is 0 Å². The number of benzene rings is 1. The molecule has 0 aliphatic heterocycles. The van der Waals surface area contributed by atoms with Gasteiger partial charge >= 0.3 is 0 Å². The van der Waals surface area contributed by atoms with Crippen LogP contribution in [0.4, 0.5) is 0 Å². The van der Waals surface area contributed by atoms with Gasteiger partial charge in [0, 0.05) is 23.3 Å². The van der Waals surface area contributed by atoms with Crippen LogP contribution in [0.5, 0.6) is 0 Å². The molecule has 0 aliphatic carbocycles. The Hall–Kier alpha value is -1.09. The molecule has 0 fully saturated rings. The molecule has 1 aromatic rings. The summed E-state index contributed by atoms with van der Waals surface area (Å²) in [5.41, 5.74) is 0.939. The van der Waals surface area contributed by atoms with Crippen LogP contribution in [0.15, 0.2) is 24.3 Å². The summed E-state index contributed by atoms with van der Waals surface area (Å²) in [6.07, 6.45) is 0.449. The number of nitrogens with zero attached hydrogens (tertiary/aromatic N) is 1. The summed E-state index contributed by atoms with van der Waals surface area (Å²) in [4.78, 5) is 10.1. The van der Waals surface area contributed by atoms with Crippen LogP contribution in [-0.4, -0.2) is 11.0 Å². The first-order valence-electron chi connectivity index (χ1n) is 3.97. The van der Waals surface area contributed by atoms with Crippen molar-refractivity contribution in [1.29, 1.82) is 0 Å². The molecular formula is C9H10ClNO2. The third kappa shape index (κ3) is 3.03. The van der Waals surface area contributed by atoms with Crippen LogP contribution in [-0.2, 0) is 6.42 Å². The fourth-order valence-electron chi connectivity index (χ4n) is 1.04. The van der Waals surface area contributed by atoms with Gasteiger partial charge < -0.3 is 0 Å². The first-order valence-corrected chi connectivity index (χ1v) is 4.35. The predicted molar refractivity (Wildman–Crippen MR) is 51.6 cm³/mol. The molecule has 0 saturated heterocycles. The lowest BCUT2D eigenvalue weighted by Crippen LogP contribution is -2.17. The molecule has 4 heteroatoms. The van der Waals surface area contributed by atoms with Crippen LogP contribution >= 0.6 is 11.6 Å². The topological polar surface area (TPSA) is 43.1 Å². The Kier molecular flexibility index (Phi) is 3.25. The van der Waals surface area contributed by atoms with E-state index in [4.69, 9.17) is 11.6 Å². The molecule has 1 atom stereocenters. The van der Waals surface area contributed by atoms with Crippen molar-refractivity contribution in [2.24, 2.45) is 0 Å². The molecule has 70 valence electrons. The zero-order valence-electron chi connectivity index (χ0n) is 7.24. The molecule has 3 nitrogen and oxygen atoms in total. The summed E-state index contributed by atoms with van der Waals surface area (Å²) in [6.45, 7) is 1.59. The molecule has 0 heterocycles. The summed E-state index contributed by atoms with van der Waals surface area (Å²) in [5.74, 6) is 0. The van der Waals surface area contributed by atoms with Gasteiger partial charge in [-0.2, -0.15) is 0 Å². The molecule has 0 N–H and O–H groups in total. The highest BCUT2D eigenvalue weighted by Crippen LogP contribution is 2.11. The Morgan fingerprint density at radius 2 is 2.00 bits per heavy atom. The third-order valence-electron chi connectivity index (χ3n) is 1.80. The van der Waals surface area contributed by atoms with E-state index >= 15 is 0 Å². The van der Waals surface area contributed by atoms with E-state index in [1.807, 2.05) is 12.1 Å². The highest BCUT2D eigenvalue weighted by Gasteiger charge is 2.12. The highest BCUT2D eigenvalue weighted by molar-refractivity contribution is 6.30. The van der Waals surface area contributed by atoms with Gasteiger partial charge in [0.05, 0.1) is 0 Å². The summed E-state index contributed by atoms with van der Waals surface area (Å²) >= 11 is 5.68. The molecular weight excluding hydrogens is 190 g/mol. The molecule has 0 radical (unpaired) electrons. The number of hydrogen-bond acceptors (Lipinski definition) is 2. The monoisotopic (exact) mass is 199 g/mol. The van der Waals surface area contributed by atoms with Gasteiger partial charge in [-0.25, -0.2) is 0 Å². The van der Waals surface area contributed by atoms with E-state index < -0.39 is 6.04 Å². The van der Waals surface area contributed by atoms with Crippen molar-refractivity contribution < 1.29 is 4.92 Å². The van der Waals surface area contributed by atoms with Crippen LogP contribution in [0.3, 0.4) is 0 Å². The molecule has 13 heavy (non-hydrogen) atoms. The van der Waals surface area contributed by atoms with Gasteiger partial charge in [-0.15, -0.1) is 0 Å². The average molecular weight is 200 g/mol. The lowest BCUT2D eigenvalue weighted by Gasteiger charge is -2.03. The first kappa shape index (κ1) is 9.99. The van der Waals surface area contributed by atoms with Gasteiger partial charge in [0.25, 0.3) is 0 Å². The number of halogens is 1. The summed E-state index contributed by atoms with van der Waals surface area (Å²) < 4.78 is 0. The molecule has 1 aromatic carbocycles. The van der Waals surface area contributed by atoms with Gasteiger partial charge in [-0.3, -0.25) is 10.1 Å². The van der Waals surface area contributed by atoms with Crippen LogP contribution in [0.25, 0.3) is 0 Å². The van der Waals surface area contributed by atoms with Gasteiger partial charge in [-0.1, -0.05) is 23.7 Å². The fraction of sp³-hybridized carbons (Fsp3) is 0.333. The van der Waals surface area contributed by atoms with E-state index in [0.717, 1.165) is 5.56 Å². The summed E-state index contributed by atoms with van der Waals surface area (Å²) in [6, 6.07) is 6.55. The Balaban J connectivity index is 2.64. The quantitative estimate of drug-likeness (QED) is 0.555. The maximum absolute atomic E-state index is 10.4.